The first-order chi connectivity index (χ1) is 9.21. The molecule has 2 heterocycles. The minimum absolute atomic E-state index is 0.641. The number of rotatable bonds is 3. The lowest BCUT2D eigenvalue weighted by molar-refractivity contribution is -0.215. The van der Waals surface area contributed by atoms with Crippen molar-refractivity contribution in [3.63, 3.8) is 0 Å². The van der Waals surface area contributed by atoms with E-state index in [1.54, 1.807) is 6.20 Å². The molecule has 104 valence electrons. The van der Waals surface area contributed by atoms with Crippen LogP contribution < -0.4 is 10.4 Å². The summed E-state index contributed by atoms with van der Waals surface area (Å²) in [6, 6.07) is 3.82. The maximum absolute atomic E-state index is 8.30. The van der Waals surface area contributed by atoms with Crippen LogP contribution in [-0.2, 0) is 4.99 Å². The zero-order valence-electron chi connectivity index (χ0n) is 11.3. The first-order valence-corrected chi connectivity index (χ1v) is 6.98. The number of pyridine rings is 1. The Kier molecular flexibility index (Phi) is 3.33. The van der Waals surface area contributed by atoms with Crippen molar-refractivity contribution in [2.24, 2.45) is 11.3 Å². The van der Waals surface area contributed by atoms with Crippen LogP contribution in [0, 0.1) is 11.3 Å². The van der Waals surface area contributed by atoms with Crippen molar-refractivity contribution < 1.29 is 10.2 Å². The third-order valence-corrected chi connectivity index (χ3v) is 4.62. The lowest BCUT2D eigenvalue weighted by Crippen LogP contribution is -2.46. The van der Waals surface area contributed by atoms with E-state index < -0.39 is 0 Å². The molecule has 2 fully saturated rings. The van der Waals surface area contributed by atoms with Crippen molar-refractivity contribution in [1.29, 1.82) is 0 Å². The Morgan fingerprint density at radius 2 is 2.11 bits per heavy atom. The van der Waals surface area contributed by atoms with E-state index in [0.29, 0.717) is 11.1 Å². The van der Waals surface area contributed by atoms with Crippen molar-refractivity contribution in [2.75, 3.05) is 23.5 Å². The Hall–Kier alpha value is -1.33. The molecule has 5 heteroatoms. The van der Waals surface area contributed by atoms with Gasteiger partial charge in [-0.25, -0.2) is 15.7 Å². The van der Waals surface area contributed by atoms with E-state index in [4.69, 9.17) is 5.26 Å². The van der Waals surface area contributed by atoms with Crippen molar-refractivity contribution >= 4 is 11.5 Å². The zero-order valence-corrected chi connectivity index (χ0v) is 11.3. The van der Waals surface area contributed by atoms with Crippen LogP contribution in [0.15, 0.2) is 18.3 Å². The van der Waals surface area contributed by atoms with E-state index in [2.05, 4.69) is 27.3 Å². The lowest BCUT2D eigenvalue weighted by Gasteiger charge is -2.51. The van der Waals surface area contributed by atoms with Gasteiger partial charge >= 0.3 is 0 Å². The van der Waals surface area contributed by atoms with Crippen LogP contribution in [0.5, 0.6) is 0 Å². The molecule has 1 saturated heterocycles. The van der Waals surface area contributed by atoms with Gasteiger partial charge in [0.05, 0.1) is 11.9 Å². The van der Waals surface area contributed by atoms with E-state index in [1.807, 2.05) is 12.1 Å². The van der Waals surface area contributed by atoms with E-state index in [-0.39, 0.29) is 0 Å². The van der Waals surface area contributed by atoms with Crippen LogP contribution in [0.2, 0.25) is 0 Å². The van der Waals surface area contributed by atoms with Gasteiger partial charge in [0, 0.05) is 13.1 Å². The Balaban J connectivity index is 1.59. The highest BCUT2D eigenvalue weighted by molar-refractivity contribution is 5.47. The third kappa shape index (κ3) is 2.53. The third-order valence-electron chi connectivity index (χ3n) is 4.62. The molecule has 5 nitrogen and oxygen atoms in total. The minimum atomic E-state index is 0.641. The van der Waals surface area contributed by atoms with Gasteiger partial charge in [-0.3, -0.25) is 0 Å². The molecule has 1 aliphatic carbocycles. The van der Waals surface area contributed by atoms with Gasteiger partial charge in [0.1, 0.15) is 5.82 Å². The number of hydrogen-bond acceptors (Lipinski definition) is 5. The number of piperidine rings is 1. The summed E-state index contributed by atoms with van der Waals surface area (Å²) in [6.45, 7) is 4.56. The second-order valence-corrected chi connectivity index (χ2v) is 6.10. The van der Waals surface area contributed by atoms with E-state index in [0.717, 1.165) is 24.8 Å². The summed E-state index contributed by atoms with van der Waals surface area (Å²) >= 11 is 0. The first kappa shape index (κ1) is 12.7. The Labute approximate surface area is 113 Å². The predicted molar refractivity (Wildman–Crippen MR) is 73.9 cm³/mol. The number of nitrogens with one attached hydrogen (secondary N) is 1. The summed E-state index contributed by atoms with van der Waals surface area (Å²) in [5.41, 5.74) is 3.64. The molecule has 1 aliphatic heterocycles. The molecule has 0 atom stereocenters. The van der Waals surface area contributed by atoms with Gasteiger partial charge in [0.2, 0.25) is 0 Å². The van der Waals surface area contributed by atoms with Gasteiger partial charge in [0.25, 0.3) is 0 Å². The predicted octanol–water partition coefficient (Wildman–Crippen LogP) is 2.91. The molecular formula is C14H21N3O2. The van der Waals surface area contributed by atoms with Gasteiger partial charge < -0.3 is 4.90 Å². The average molecular weight is 263 g/mol. The summed E-state index contributed by atoms with van der Waals surface area (Å²) < 4.78 is 0. The fourth-order valence-corrected chi connectivity index (χ4v) is 3.72. The van der Waals surface area contributed by atoms with Crippen molar-refractivity contribution in [2.45, 2.75) is 32.6 Å². The molecule has 19 heavy (non-hydrogen) atoms. The van der Waals surface area contributed by atoms with Crippen molar-refractivity contribution in [3.8, 4) is 0 Å². The van der Waals surface area contributed by atoms with Crippen molar-refractivity contribution in [1.82, 2.24) is 4.98 Å². The van der Waals surface area contributed by atoms with Gasteiger partial charge in [0.15, 0.2) is 0 Å². The first-order valence-electron chi connectivity index (χ1n) is 6.98. The molecule has 0 amide bonds. The smallest absolute Gasteiger partial charge is 0.128 e. The summed E-state index contributed by atoms with van der Waals surface area (Å²) in [7, 11) is 0. The highest BCUT2D eigenvalue weighted by Gasteiger charge is 2.43. The van der Waals surface area contributed by atoms with E-state index in [9.17, 15) is 0 Å². The van der Waals surface area contributed by atoms with Gasteiger partial charge in [-0.1, -0.05) is 6.92 Å². The van der Waals surface area contributed by atoms with Gasteiger partial charge in [-0.15, -0.1) is 4.99 Å². The standard InChI is InChI=1S/C14H21N3O2/c1-11-8-14(9-11)4-6-17(7-5-14)13-3-2-12(10-15-13)16-19-18/h2-3,10-11,16,18H,4-9H2,1H3. The van der Waals surface area contributed by atoms with Crippen LogP contribution in [0.25, 0.3) is 0 Å². The van der Waals surface area contributed by atoms with Gasteiger partial charge in [-0.2, -0.15) is 0 Å². The molecule has 0 aromatic carbocycles. The summed E-state index contributed by atoms with van der Waals surface area (Å²) in [6.07, 6.45) is 7.06. The maximum Gasteiger partial charge on any atom is 0.128 e. The second kappa shape index (κ2) is 4.98. The molecule has 1 aromatic rings. The van der Waals surface area contributed by atoms with Crippen LogP contribution in [0.3, 0.4) is 0 Å². The molecule has 2 N–H and O–H groups in total. The monoisotopic (exact) mass is 263 g/mol. The number of hydrogen-bond donors (Lipinski definition) is 2. The molecule has 1 spiro atoms. The van der Waals surface area contributed by atoms with Crippen LogP contribution in [-0.4, -0.2) is 23.3 Å². The normalized spacial score (nSPS) is 22.3. The minimum Gasteiger partial charge on any atom is -0.357 e. The Morgan fingerprint density at radius 3 is 2.63 bits per heavy atom. The van der Waals surface area contributed by atoms with E-state index in [1.165, 1.54) is 25.7 Å². The average Bonchev–Trinajstić information content (AvgIpc) is 2.40. The van der Waals surface area contributed by atoms with Gasteiger partial charge in [-0.05, 0) is 49.1 Å². The molecule has 3 rings (SSSR count). The molecule has 2 aliphatic rings. The fourth-order valence-electron chi connectivity index (χ4n) is 3.72. The molecule has 0 bridgehead atoms. The van der Waals surface area contributed by atoms with Crippen LogP contribution in [0.1, 0.15) is 32.6 Å². The molecule has 0 radical (unpaired) electrons. The molecule has 1 saturated carbocycles. The fraction of sp³-hybridized carbons (Fsp3) is 0.643. The second-order valence-electron chi connectivity index (χ2n) is 6.10. The summed E-state index contributed by atoms with van der Waals surface area (Å²) in [5, 5.41) is 8.30. The van der Waals surface area contributed by atoms with Crippen molar-refractivity contribution in [3.05, 3.63) is 18.3 Å². The Bertz CT molecular complexity index is 419. The van der Waals surface area contributed by atoms with E-state index >= 15 is 0 Å². The molecule has 0 unspecified atom stereocenters. The Morgan fingerprint density at radius 1 is 1.37 bits per heavy atom. The lowest BCUT2D eigenvalue weighted by atomic mass is 9.58. The molecule has 1 aromatic heterocycles. The highest BCUT2D eigenvalue weighted by Crippen LogP contribution is 2.52. The van der Waals surface area contributed by atoms with Crippen LogP contribution in [0.4, 0.5) is 11.5 Å². The van der Waals surface area contributed by atoms with Crippen LogP contribution >= 0.6 is 0 Å². The summed E-state index contributed by atoms with van der Waals surface area (Å²) in [4.78, 5) is 10.6. The number of anilines is 2. The molecular weight excluding hydrogens is 242 g/mol. The largest absolute Gasteiger partial charge is 0.357 e. The topological polar surface area (TPSA) is 57.6 Å². The quantitative estimate of drug-likeness (QED) is 0.648. The maximum atomic E-state index is 8.30. The SMILES string of the molecule is CC1CC2(CCN(c3ccc(NOO)cn3)CC2)C1. The zero-order chi connectivity index (χ0) is 13.3. The summed E-state index contributed by atoms with van der Waals surface area (Å²) in [5.74, 6) is 1.93. The number of aromatic nitrogens is 1. The number of nitrogens with zero attached hydrogens (tertiary/aromatic N) is 2. The highest BCUT2D eigenvalue weighted by atomic mass is 17.2.